The molecule has 0 saturated heterocycles. The van der Waals surface area contributed by atoms with Crippen LogP contribution in [0.1, 0.15) is 25.7 Å². The van der Waals surface area contributed by atoms with Crippen LogP contribution in [0.15, 0.2) is 18.2 Å². The molecule has 1 N–H and O–H groups in total. The SMILES string of the molecule is COc1ccc(Cl)cc1N(CC(=O)N[C@H]1C[C@@H]2CC[C@@H]1C2)S(C)(=O)=O. The Bertz CT molecular complexity index is 768. The number of amides is 1. The van der Waals surface area contributed by atoms with E-state index < -0.39 is 10.0 Å². The van der Waals surface area contributed by atoms with E-state index in [1.54, 1.807) is 12.1 Å². The number of rotatable bonds is 6. The number of ether oxygens (including phenoxy) is 1. The highest BCUT2D eigenvalue weighted by molar-refractivity contribution is 7.92. The van der Waals surface area contributed by atoms with E-state index in [4.69, 9.17) is 16.3 Å². The van der Waals surface area contributed by atoms with Crippen molar-refractivity contribution >= 4 is 33.2 Å². The van der Waals surface area contributed by atoms with Crippen LogP contribution >= 0.6 is 11.6 Å². The quantitative estimate of drug-likeness (QED) is 0.814. The van der Waals surface area contributed by atoms with E-state index in [1.165, 1.54) is 26.0 Å². The van der Waals surface area contributed by atoms with Crippen molar-refractivity contribution in [3.05, 3.63) is 23.2 Å². The maximum atomic E-state index is 12.5. The number of hydrogen-bond acceptors (Lipinski definition) is 4. The number of benzene rings is 1. The van der Waals surface area contributed by atoms with Crippen LogP contribution in [-0.4, -0.2) is 40.3 Å². The molecule has 0 unspecified atom stereocenters. The van der Waals surface area contributed by atoms with Crippen molar-refractivity contribution in [1.29, 1.82) is 0 Å². The summed E-state index contributed by atoms with van der Waals surface area (Å²) >= 11 is 6.01. The Kier molecular flexibility index (Phi) is 5.16. The van der Waals surface area contributed by atoms with Crippen LogP contribution in [0.2, 0.25) is 5.02 Å². The molecular weight excluding hydrogens is 364 g/mol. The first-order valence-electron chi connectivity index (χ1n) is 8.38. The topological polar surface area (TPSA) is 75.7 Å². The molecule has 3 atom stereocenters. The fourth-order valence-electron chi connectivity index (χ4n) is 4.04. The van der Waals surface area contributed by atoms with Gasteiger partial charge in [-0.3, -0.25) is 9.10 Å². The average Bonchev–Trinajstić information content (AvgIpc) is 3.14. The lowest BCUT2D eigenvalue weighted by molar-refractivity contribution is -0.120. The standard InChI is InChI=1S/C17H23ClN2O4S/c1-24-16-6-5-13(18)9-15(16)20(25(2,22)23)10-17(21)19-14-8-11-3-4-12(14)7-11/h5-6,9,11-12,14H,3-4,7-8,10H2,1-2H3,(H,19,21)/t11-,12-,14+/m1/s1. The van der Waals surface area contributed by atoms with Gasteiger partial charge in [-0.05, 0) is 49.3 Å². The molecule has 138 valence electrons. The minimum Gasteiger partial charge on any atom is -0.495 e. The zero-order chi connectivity index (χ0) is 18.2. The predicted molar refractivity (Wildman–Crippen MR) is 97.6 cm³/mol. The van der Waals surface area contributed by atoms with Gasteiger partial charge in [-0.25, -0.2) is 8.42 Å². The molecule has 2 aliphatic carbocycles. The minimum atomic E-state index is -3.67. The molecule has 25 heavy (non-hydrogen) atoms. The fraction of sp³-hybridized carbons (Fsp3) is 0.588. The molecule has 0 heterocycles. The summed E-state index contributed by atoms with van der Waals surface area (Å²) in [6, 6.07) is 4.85. The maximum Gasteiger partial charge on any atom is 0.241 e. The van der Waals surface area contributed by atoms with Crippen LogP contribution < -0.4 is 14.4 Å². The van der Waals surface area contributed by atoms with Gasteiger partial charge in [0.15, 0.2) is 0 Å². The summed E-state index contributed by atoms with van der Waals surface area (Å²) in [5.74, 6) is 1.28. The average molecular weight is 387 g/mol. The third kappa shape index (κ3) is 4.03. The van der Waals surface area contributed by atoms with Crippen molar-refractivity contribution in [3.63, 3.8) is 0 Å². The van der Waals surface area contributed by atoms with Crippen LogP contribution in [0.4, 0.5) is 5.69 Å². The maximum absolute atomic E-state index is 12.5. The predicted octanol–water partition coefficient (Wildman–Crippen LogP) is 2.42. The van der Waals surface area contributed by atoms with Crippen molar-refractivity contribution in [3.8, 4) is 5.75 Å². The van der Waals surface area contributed by atoms with Crippen molar-refractivity contribution in [1.82, 2.24) is 5.32 Å². The third-order valence-electron chi connectivity index (χ3n) is 5.18. The minimum absolute atomic E-state index is 0.161. The van der Waals surface area contributed by atoms with E-state index in [1.807, 2.05) is 0 Å². The van der Waals surface area contributed by atoms with Crippen molar-refractivity contribution in [2.24, 2.45) is 11.8 Å². The van der Waals surface area contributed by atoms with Gasteiger partial charge in [0.1, 0.15) is 12.3 Å². The third-order valence-corrected chi connectivity index (χ3v) is 6.54. The zero-order valence-electron chi connectivity index (χ0n) is 14.4. The number of nitrogens with zero attached hydrogens (tertiary/aromatic N) is 1. The van der Waals surface area contributed by atoms with Crippen LogP contribution in [0, 0.1) is 11.8 Å². The van der Waals surface area contributed by atoms with Gasteiger partial charge in [0, 0.05) is 11.1 Å². The Hall–Kier alpha value is -1.47. The molecular formula is C17H23ClN2O4S. The lowest BCUT2D eigenvalue weighted by atomic mass is 9.95. The second-order valence-corrected chi connectivity index (χ2v) is 9.28. The molecule has 1 aromatic carbocycles. The van der Waals surface area contributed by atoms with Gasteiger partial charge in [0.05, 0.1) is 19.1 Å². The molecule has 1 aromatic rings. The number of carbonyl (C=O) groups is 1. The van der Waals surface area contributed by atoms with E-state index >= 15 is 0 Å². The highest BCUT2D eigenvalue weighted by Gasteiger charge is 2.40. The molecule has 6 nitrogen and oxygen atoms in total. The summed E-state index contributed by atoms with van der Waals surface area (Å²) in [4.78, 5) is 12.5. The summed E-state index contributed by atoms with van der Waals surface area (Å²) in [7, 11) is -2.23. The van der Waals surface area contributed by atoms with E-state index in [0.29, 0.717) is 22.6 Å². The van der Waals surface area contributed by atoms with Gasteiger partial charge in [0.2, 0.25) is 15.9 Å². The molecule has 2 bridgehead atoms. The summed E-state index contributed by atoms with van der Waals surface area (Å²) in [6.07, 6.45) is 5.62. The zero-order valence-corrected chi connectivity index (χ0v) is 15.9. The van der Waals surface area contributed by atoms with Gasteiger partial charge < -0.3 is 10.1 Å². The van der Waals surface area contributed by atoms with Crippen molar-refractivity contribution in [2.45, 2.75) is 31.7 Å². The van der Waals surface area contributed by atoms with Gasteiger partial charge >= 0.3 is 0 Å². The second-order valence-electron chi connectivity index (χ2n) is 6.93. The van der Waals surface area contributed by atoms with Crippen molar-refractivity contribution in [2.75, 3.05) is 24.2 Å². The van der Waals surface area contributed by atoms with Crippen LogP contribution in [0.25, 0.3) is 0 Å². The molecule has 2 aliphatic rings. The van der Waals surface area contributed by atoms with E-state index in [9.17, 15) is 13.2 Å². The molecule has 0 spiro atoms. The van der Waals surface area contributed by atoms with E-state index in [2.05, 4.69) is 5.32 Å². The Morgan fingerprint density at radius 2 is 2.12 bits per heavy atom. The largest absolute Gasteiger partial charge is 0.495 e. The van der Waals surface area contributed by atoms with Crippen LogP contribution in [0.5, 0.6) is 5.75 Å². The number of anilines is 1. The lowest BCUT2D eigenvalue weighted by Gasteiger charge is -2.27. The molecule has 3 rings (SSSR count). The lowest BCUT2D eigenvalue weighted by Crippen LogP contribution is -2.45. The molecule has 8 heteroatoms. The first-order chi connectivity index (χ1) is 11.8. The number of sulfonamides is 1. The number of fused-ring (bicyclic) bond motifs is 2. The normalized spacial score (nSPS) is 25.0. The number of nitrogens with one attached hydrogen (secondary N) is 1. The Labute approximate surface area is 153 Å². The summed E-state index contributed by atoms with van der Waals surface area (Å²) in [5, 5.41) is 3.39. The number of halogens is 1. The molecule has 2 fully saturated rings. The second kappa shape index (κ2) is 7.03. The van der Waals surface area contributed by atoms with Gasteiger partial charge in [-0.1, -0.05) is 18.0 Å². The molecule has 0 aliphatic heterocycles. The Morgan fingerprint density at radius 3 is 2.68 bits per heavy atom. The smallest absolute Gasteiger partial charge is 0.241 e. The first kappa shape index (κ1) is 18.3. The summed E-state index contributed by atoms with van der Waals surface area (Å²) in [5.41, 5.74) is 0.264. The van der Waals surface area contributed by atoms with E-state index in [-0.39, 0.29) is 24.2 Å². The van der Waals surface area contributed by atoms with Crippen LogP contribution in [-0.2, 0) is 14.8 Å². The van der Waals surface area contributed by atoms with Crippen molar-refractivity contribution < 1.29 is 17.9 Å². The molecule has 0 radical (unpaired) electrons. The van der Waals surface area contributed by atoms with Gasteiger partial charge in [-0.15, -0.1) is 0 Å². The fourth-order valence-corrected chi connectivity index (χ4v) is 5.06. The number of hydrogen-bond donors (Lipinski definition) is 1. The summed E-state index contributed by atoms with van der Waals surface area (Å²) in [6.45, 7) is -0.288. The van der Waals surface area contributed by atoms with Crippen LogP contribution in [0.3, 0.4) is 0 Å². The molecule has 0 aromatic heterocycles. The number of methoxy groups -OCH3 is 1. The highest BCUT2D eigenvalue weighted by atomic mass is 35.5. The van der Waals surface area contributed by atoms with Gasteiger partial charge in [-0.2, -0.15) is 0 Å². The highest BCUT2D eigenvalue weighted by Crippen LogP contribution is 2.44. The summed E-state index contributed by atoms with van der Waals surface area (Å²) < 4.78 is 30.8. The first-order valence-corrected chi connectivity index (χ1v) is 10.6. The Morgan fingerprint density at radius 1 is 1.36 bits per heavy atom. The number of carbonyl (C=O) groups excluding carboxylic acids is 1. The van der Waals surface area contributed by atoms with Gasteiger partial charge in [0.25, 0.3) is 0 Å². The monoisotopic (exact) mass is 386 g/mol. The Balaban J connectivity index is 1.78. The van der Waals surface area contributed by atoms with E-state index in [0.717, 1.165) is 23.4 Å². The molecule has 1 amide bonds. The molecule has 2 saturated carbocycles.